The first-order valence-electron chi connectivity index (χ1n) is 10.7. The SMILES string of the molecule is Cc1cc(C)c2c3c(sc2n1)C(=O)N(C1CCCCC1)[C@@H](c1ccccc1[N+](=O)[O-])N3. The van der Waals surface area contributed by atoms with E-state index < -0.39 is 6.17 Å². The third kappa shape index (κ3) is 3.26. The Labute approximate surface area is 184 Å². The fraction of sp³-hybridized carbons (Fsp3) is 0.391. The van der Waals surface area contributed by atoms with E-state index in [0.29, 0.717) is 10.4 Å². The molecule has 1 N–H and O–H groups in total. The summed E-state index contributed by atoms with van der Waals surface area (Å²) in [4.78, 5) is 33.3. The van der Waals surface area contributed by atoms with Gasteiger partial charge in [-0.3, -0.25) is 14.9 Å². The Bertz CT molecular complexity index is 1200. The number of carbonyl (C=O) groups excluding carboxylic acids is 1. The lowest BCUT2D eigenvalue weighted by Crippen LogP contribution is -2.49. The third-order valence-electron chi connectivity index (χ3n) is 6.37. The molecule has 0 radical (unpaired) electrons. The van der Waals surface area contributed by atoms with Crippen molar-refractivity contribution < 1.29 is 9.72 Å². The van der Waals surface area contributed by atoms with Crippen LogP contribution in [0.2, 0.25) is 0 Å². The maximum absolute atomic E-state index is 13.8. The van der Waals surface area contributed by atoms with E-state index in [9.17, 15) is 14.9 Å². The minimum absolute atomic E-state index is 0.0299. The summed E-state index contributed by atoms with van der Waals surface area (Å²) in [6, 6.07) is 8.80. The molecule has 1 aliphatic carbocycles. The van der Waals surface area contributed by atoms with Crippen molar-refractivity contribution in [1.29, 1.82) is 0 Å². The molecule has 8 heteroatoms. The molecule has 1 saturated carbocycles. The minimum Gasteiger partial charge on any atom is -0.359 e. The fourth-order valence-corrected chi connectivity index (χ4v) is 6.22. The van der Waals surface area contributed by atoms with E-state index >= 15 is 0 Å². The number of nitrogens with one attached hydrogen (secondary N) is 1. The molecule has 1 fully saturated rings. The van der Waals surface area contributed by atoms with Gasteiger partial charge in [0.1, 0.15) is 15.9 Å². The number of hydrogen-bond acceptors (Lipinski definition) is 6. The lowest BCUT2D eigenvalue weighted by Gasteiger charge is -2.43. The van der Waals surface area contributed by atoms with Crippen molar-refractivity contribution in [1.82, 2.24) is 9.88 Å². The van der Waals surface area contributed by atoms with Crippen molar-refractivity contribution in [3.05, 3.63) is 62.1 Å². The van der Waals surface area contributed by atoms with Gasteiger partial charge in [-0.1, -0.05) is 31.4 Å². The van der Waals surface area contributed by atoms with Crippen LogP contribution in [0.15, 0.2) is 30.3 Å². The van der Waals surface area contributed by atoms with Crippen molar-refractivity contribution >= 4 is 38.8 Å². The zero-order valence-electron chi connectivity index (χ0n) is 17.6. The summed E-state index contributed by atoms with van der Waals surface area (Å²) in [5, 5.41) is 16.3. The first-order valence-corrected chi connectivity index (χ1v) is 11.5. The molecule has 160 valence electrons. The van der Waals surface area contributed by atoms with Gasteiger partial charge in [0.25, 0.3) is 11.6 Å². The normalized spacial score (nSPS) is 19.4. The Balaban J connectivity index is 1.71. The number of amides is 1. The Morgan fingerprint density at radius 1 is 1.19 bits per heavy atom. The first-order chi connectivity index (χ1) is 15.0. The maximum atomic E-state index is 13.8. The number of benzene rings is 1. The molecule has 0 unspecified atom stereocenters. The summed E-state index contributed by atoms with van der Waals surface area (Å²) < 4.78 is 0. The monoisotopic (exact) mass is 436 g/mol. The largest absolute Gasteiger partial charge is 0.359 e. The number of nitro groups is 1. The number of para-hydroxylation sites is 1. The van der Waals surface area contributed by atoms with Crippen LogP contribution in [0.1, 0.15) is 64.8 Å². The quantitative estimate of drug-likeness (QED) is 0.419. The van der Waals surface area contributed by atoms with Crippen molar-refractivity contribution in [3.63, 3.8) is 0 Å². The number of anilines is 1. The van der Waals surface area contributed by atoms with Gasteiger partial charge in [0, 0.05) is 23.2 Å². The second-order valence-corrected chi connectivity index (χ2v) is 9.43. The Morgan fingerprint density at radius 2 is 1.94 bits per heavy atom. The number of hydrogen-bond donors (Lipinski definition) is 1. The summed E-state index contributed by atoms with van der Waals surface area (Å²) in [5.41, 5.74) is 3.27. The molecule has 2 aromatic heterocycles. The highest BCUT2D eigenvalue weighted by atomic mass is 32.1. The zero-order valence-corrected chi connectivity index (χ0v) is 18.4. The molecule has 31 heavy (non-hydrogen) atoms. The van der Waals surface area contributed by atoms with E-state index in [1.54, 1.807) is 18.2 Å². The van der Waals surface area contributed by atoms with Crippen LogP contribution in [-0.2, 0) is 0 Å². The molecule has 1 aliphatic heterocycles. The van der Waals surface area contributed by atoms with Crippen LogP contribution in [0.3, 0.4) is 0 Å². The number of fused-ring (bicyclic) bond motifs is 3. The van der Waals surface area contributed by atoms with Gasteiger partial charge >= 0.3 is 0 Å². The highest BCUT2D eigenvalue weighted by molar-refractivity contribution is 7.21. The third-order valence-corrected chi connectivity index (χ3v) is 7.44. The van der Waals surface area contributed by atoms with Crippen molar-refractivity contribution in [2.24, 2.45) is 0 Å². The summed E-state index contributed by atoms with van der Waals surface area (Å²) >= 11 is 1.41. The van der Waals surface area contributed by atoms with Gasteiger partial charge in [0.15, 0.2) is 0 Å². The van der Waals surface area contributed by atoms with Gasteiger partial charge in [-0.05, 0) is 44.4 Å². The standard InChI is InChI=1S/C23H24N4O3S/c1-13-12-14(2)24-22-18(13)19-20(31-22)23(28)26(15-8-4-3-5-9-15)21(25-19)16-10-6-7-11-17(16)27(29)30/h6-7,10-12,15,21,25H,3-5,8-9H2,1-2H3/t21-/m0/s1. The number of nitro benzene ring substituents is 1. The summed E-state index contributed by atoms with van der Waals surface area (Å²) in [5.74, 6) is -0.0520. The van der Waals surface area contributed by atoms with Crippen molar-refractivity contribution in [2.45, 2.75) is 58.2 Å². The maximum Gasteiger partial charge on any atom is 0.276 e. The zero-order chi connectivity index (χ0) is 21.7. The van der Waals surface area contributed by atoms with Gasteiger partial charge < -0.3 is 10.2 Å². The molecule has 2 aliphatic rings. The molecule has 7 nitrogen and oxygen atoms in total. The summed E-state index contributed by atoms with van der Waals surface area (Å²) in [6.07, 6.45) is 4.55. The van der Waals surface area contributed by atoms with E-state index in [0.717, 1.165) is 52.8 Å². The van der Waals surface area contributed by atoms with Crippen LogP contribution < -0.4 is 5.32 Å². The average Bonchev–Trinajstić information content (AvgIpc) is 3.13. The second-order valence-electron chi connectivity index (χ2n) is 8.43. The molecular formula is C23H24N4O3S. The van der Waals surface area contributed by atoms with Gasteiger partial charge in [-0.15, -0.1) is 11.3 Å². The molecular weight excluding hydrogens is 412 g/mol. The Kier molecular flexibility index (Phi) is 4.89. The molecule has 0 saturated heterocycles. The topological polar surface area (TPSA) is 88.4 Å². The van der Waals surface area contributed by atoms with Gasteiger partial charge in [0.05, 0.1) is 16.2 Å². The van der Waals surface area contributed by atoms with Gasteiger partial charge in [-0.25, -0.2) is 4.98 Å². The molecule has 3 heterocycles. The van der Waals surface area contributed by atoms with Crippen molar-refractivity contribution in [3.8, 4) is 0 Å². The lowest BCUT2D eigenvalue weighted by atomic mass is 9.91. The Hall–Kier alpha value is -3.00. The molecule has 0 spiro atoms. The molecule has 1 atom stereocenters. The summed E-state index contributed by atoms with van der Waals surface area (Å²) in [7, 11) is 0. The molecule has 5 rings (SSSR count). The molecule has 1 aromatic carbocycles. The number of carbonyl (C=O) groups is 1. The second kappa shape index (κ2) is 7.60. The minimum atomic E-state index is -0.580. The van der Waals surface area contributed by atoms with Crippen LogP contribution in [0.5, 0.6) is 0 Å². The van der Waals surface area contributed by atoms with E-state index in [4.69, 9.17) is 0 Å². The summed E-state index contributed by atoms with van der Waals surface area (Å²) in [6.45, 7) is 3.97. The van der Waals surface area contributed by atoms with E-state index in [-0.39, 0.29) is 22.6 Å². The predicted molar refractivity (Wildman–Crippen MR) is 122 cm³/mol. The molecule has 3 aromatic rings. The van der Waals surface area contributed by atoms with Gasteiger partial charge in [0.2, 0.25) is 0 Å². The number of pyridine rings is 1. The Morgan fingerprint density at radius 3 is 2.68 bits per heavy atom. The number of aryl methyl sites for hydroxylation is 2. The lowest BCUT2D eigenvalue weighted by molar-refractivity contribution is -0.385. The molecule has 1 amide bonds. The highest BCUT2D eigenvalue weighted by Gasteiger charge is 2.42. The smallest absolute Gasteiger partial charge is 0.276 e. The van der Waals surface area contributed by atoms with Crippen LogP contribution in [0.25, 0.3) is 10.2 Å². The number of aromatic nitrogens is 1. The average molecular weight is 437 g/mol. The van der Waals surface area contributed by atoms with Crippen LogP contribution in [0, 0.1) is 24.0 Å². The van der Waals surface area contributed by atoms with E-state index in [2.05, 4.69) is 10.3 Å². The number of rotatable bonds is 3. The number of nitrogens with zero attached hydrogens (tertiary/aromatic N) is 3. The van der Waals surface area contributed by atoms with Gasteiger partial charge in [-0.2, -0.15) is 0 Å². The number of thiophene rings is 1. The van der Waals surface area contributed by atoms with Crippen LogP contribution in [-0.4, -0.2) is 26.8 Å². The van der Waals surface area contributed by atoms with E-state index in [1.807, 2.05) is 24.8 Å². The molecule has 0 bridgehead atoms. The van der Waals surface area contributed by atoms with Crippen LogP contribution >= 0.6 is 11.3 Å². The van der Waals surface area contributed by atoms with Crippen molar-refractivity contribution in [2.75, 3.05) is 5.32 Å². The van der Waals surface area contributed by atoms with Crippen LogP contribution in [0.4, 0.5) is 11.4 Å². The highest BCUT2D eigenvalue weighted by Crippen LogP contribution is 2.46. The predicted octanol–water partition coefficient (Wildman–Crippen LogP) is 5.72. The van der Waals surface area contributed by atoms with E-state index in [1.165, 1.54) is 23.8 Å². The fourth-order valence-electron chi connectivity index (χ4n) is 5.02. The first kappa shape index (κ1) is 19.9.